The van der Waals surface area contributed by atoms with Gasteiger partial charge in [-0.15, -0.1) is 0 Å². The molecule has 1 aliphatic rings. The summed E-state index contributed by atoms with van der Waals surface area (Å²) in [6.07, 6.45) is 7.77. The van der Waals surface area contributed by atoms with Crippen LogP contribution in [-0.4, -0.2) is 36.5 Å². The number of esters is 1. The second-order valence-corrected chi connectivity index (χ2v) is 14.4. The minimum atomic E-state index is -2.54. The van der Waals surface area contributed by atoms with Crippen molar-refractivity contribution in [2.75, 3.05) is 6.61 Å². The number of nitrogens with zero attached hydrogens (tertiary/aromatic N) is 2. The smallest absolute Gasteiger partial charge is 0.358 e. The van der Waals surface area contributed by atoms with Crippen LogP contribution in [0, 0.1) is 0 Å². The van der Waals surface area contributed by atoms with Crippen LogP contribution in [0.4, 0.5) is 0 Å². The van der Waals surface area contributed by atoms with Crippen LogP contribution in [0.3, 0.4) is 0 Å². The molecule has 0 unspecified atom stereocenters. The van der Waals surface area contributed by atoms with Crippen molar-refractivity contribution in [3.63, 3.8) is 0 Å². The number of hydrogen-bond donors (Lipinski definition) is 0. The number of rotatable bonds is 7. The molecule has 6 heteroatoms. The van der Waals surface area contributed by atoms with Crippen LogP contribution in [0.25, 0.3) is 0 Å². The van der Waals surface area contributed by atoms with Gasteiger partial charge in [0.15, 0.2) is 5.69 Å². The van der Waals surface area contributed by atoms with E-state index < -0.39 is 8.32 Å². The number of carbonyl (C=O) groups is 1. The van der Waals surface area contributed by atoms with Crippen molar-refractivity contribution < 1.29 is 14.0 Å². The minimum Gasteiger partial charge on any atom is -0.461 e. The van der Waals surface area contributed by atoms with Crippen molar-refractivity contribution in [1.29, 1.82) is 0 Å². The van der Waals surface area contributed by atoms with E-state index in [2.05, 4.69) is 91.0 Å². The lowest BCUT2D eigenvalue weighted by atomic mass is 9.93. The predicted molar refractivity (Wildman–Crippen MR) is 138 cm³/mol. The molecule has 1 aromatic heterocycles. The molecule has 1 saturated carbocycles. The summed E-state index contributed by atoms with van der Waals surface area (Å²) in [5.74, 6) is -0.357. The first kappa shape index (κ1) is 24.4. The van der Waals surface area contributed by atoms with Crippen molar-refractivity contribution in [1.82, 2.24) is 9.55 Å². The Morgan fingerprint density at radius 3 is 2.03 bits per heavy atom. The van der Waals surface area contributed by atoms with Crippen LogP contribution < -0.4 is 10.4 Å². The third-order valence-corrected chi connectivity index (χ3v) is 12.0. The van der Waals surface area contributed by atoms with Gasteiger partial charge < -0.3 is 13.7 Å². The van der Waals surface area contributed by atoms with Gasteiger partial charge in [-0.1, -0.05) is 81.4 Å². The van der Waals surface area contributed by atoms with E-state index in [0.29, 0.717) is 18.3 Å². The molecule has 0 N–H and O–H groups in total. The topological polar surface area (TPSA) is 53.4 Å². The second kappa shape index (κ2) is 10.3. The number of ether oxygens (including phenoxy) is 1. The van der Waals surface area contributed by atoms with Gasteiger partial charge in [-0.25, -0.2) is 9.78 Å². The van der Waals surface area contributed by atoms with Crippen molar-refractivity contribution in [3.05, 3.63) is 78.9 Å². The Morgan fingerprint density at radius 2 is 1.53 bits per heavy atom. The third kappa shape index (κ3) is 4.89. The molecule has 0 spiro atoms. The Hall–Kier alpha value is -2.70. The number of imidazole rings is 1. The van der Waals surface area contributed by atoms with E-state index in [1.807, 2.05) is 13.1 Å². The maximum absolute atomic E-state index is 12.0. The zero-order valence-corrected chi connectivity index (χ0v) is 21.7. The van der Waals surface area contributed by atoms with Gasteiger partial charge in [0.2, 0.25) is 0 Å². The molecular weight excluding hydrogens is 440 g/mol. The summed E-state index contributed by atoms with van der Waals surface area (Å²) in [6.45, 7) is 9.14. The Morgan fingerprint density at radius 1 is 0.971 bits per heavy atom. The summed E-state index contributed by atoms with van der Waals surface area (Å²) in [6, 6.07) is 22.0. The van der Waals surface area contributed by atoms with Gasteiger partial charge in [0.25, 0.3) is 8.32 Å². The molecule has 0 bridgehead atoms. The van der Waals surface area contributed by atoms with Gasteiger partial charge in [-0.2, -0.15) is 0 Å². The van der Waals surface area contributed by atoms with Crippen molar-refractivity contribution >= 4 is 24.7 Å². The first-order valence-electron chi connectivity index (χ1n) is 12.3. The van der Waals surface area contributed by atoms with E-state index in [9.17, 15) is 4.79 Å². The highest BCUT2D eigenvalue weighted by Gasteiger charge is 2.51. The second-order valence-electron chi connectivity index (χ2n) is 10.1. The molecule has 4 rings (SSSR count). The highest BCUT2D eigenvalue weighted by Crippen LogP contribution is 2.40. The standard InChI is InChI=1S/C28H36N2O3Si/c1-5-32-27(31)26-20-30(21-29-26)22-16-18-23(19-17-22)33-34(28(2,3)4,24-12-8-6-9-13-24)25-14-10-7-11-15-25/h6-15,20-23H,5,16-19H2,1-4H3. The highest BCUT2D eigenvalue weighted by molar-refractivity contribution is 6.99. The van der Waals surface area contributed by atoms with Gasteiger partial charge in [0.05, 0.1) is 12.9 Å². The maximum atomic E-state index is 12.0. The first-order valence-corrected chi connectivity index (χ1v) is 14.3. The predicted octanol–water partition coefficient (Wildman–Crippen LogP) is 5.12. The Labute approximate surface area is 204 Å². The zero-order valence-electron chi connectivity index (χ0n) is 20.7. The van der Waals surface area contributed by atoms with E-state index in [-0.39, 0.29) is 17.1 Å². The van der Waals surface area contributed by atoms with E-state index in [1.54, 1.807) is 6.33 Å². The first-order chi connectivity index (χ1) is 16.3. The molecule has 1 fully saturated rings. The lowest BCUT2D eigenvalue weighted by Crippen LogP contribution is -2.67. The minimum absolute atomic E-state index is 0.0224. The fourth-order valence-corrected chi connectivity index (χ4v) is 10.00. The highest BCUT2D eigenvalue weighted by atomic mass is 28.4. The molecule has 1 aliphatic carbocycles. The van der Waals surface area contributed by atoms with Gasteiger partial charge in [-0.3, -0.25) is 0 Å². The van der Waals surface area contributed by atoms with Crippen LogP contribution in [0.1, 0.15) is 69.9 Å². The van der Waals surface area contributed by atoms with Gasteiger partial charge >= 0.3 is 5.97 Å². The monoisotopic (exact) mass is 476 g/mol. The molecule has 3 aromatic rings. The van der Waals surface area contributed by atoms with Crippen LogP contribution in [0.2, 0.25) is 5.04 Å². The quantitative estimate of drug-likeness (QED) is 0.351. The van der Waals surface area contributed by atoms with Crippen LogP contribution in [0.5, 0.6) is 0 Å². The van der Waals surface area contributed by atoms with Gasteiger partial charge in [-0.05, 0) is 48.0 Å². The summed E-state index contributed by atoms with van der Waals surface area (Å²) in [7, 11) is -2.54. The molecule has 180 valence electrons. The summed E-state index contributed by atoms with van der Waals surface area (Å²) in [5, 5.41) is 2.62. The molecular formula is C28H36N2O3Si. The SMILES string of the molecule is CCOC(=O)c1cn(C2CCC(O[Si](c3ccccc3)(c3ccccc3)C(C)(C)C)CC2)cn1. The fraction of sp³-hybridized carbons (Fsp3) is 0.429. The molecule has 5 nitrogen and oxygen atoms in total. The Kier molecular flexibility index (Phi) is 7.38. The molecule has 2 aromatic carbocycles. The van der Waals surface area contributed by atoms with Gasteiger partial charge in [0.1, 0.15) is 0 Å². The molecule has 34 heavy (non-hydrogen) atoms. The summed E-state index contributed by atoms with van der Waals surface area (Å²) in [5.41, 5.74) is 0.382. The number of aromatic nitrogens is 2. The van der Waals surface area contributed by atoms with E-state index >= 15 is 0 Å². The average Bonchev–Trinajstić information content (AvgIpc) is 3.34. The number of benzene rings is 2. The van der Waals surface area contributed by atoms with Gasteiger partial charge in [0, 0.05) is 18.3 Å². The van der Waals surface area contributed by atoms with Crippen LogP contribution >= 0.6 is 0 Å². The third-order valence-electron chi connectivity index (χ3n) is 6.91. The van der Waals surface area contributed by atoms with E-state index in [1.165, 1.54) is 10.4 Å². The normalized spacial score (nSPS) is 19.1. The zero-order chi connectivity index (χ0) is 24.2. The summed E-state index contributed by atoms with van der Waals surface area (Å²) >= 11 is 0. The van der Waals surface area contributed by atoms with Crippen molar-refractivity contribution in [3.8, 4) is 0 Å². The largest absolute Gasteiger partial charge is 0.461 e. The summed E-state index contributed by atoms with van der Waals surface area (Å²) in [4.78, 5) is 16.3. The molecule has 0 saturated heterocycles. The summed E-state index contributed by atoms with van der Waals surface area (Å²) < 4.78 is 14.5. The fourth-order valence-electron chi connectivity index (χ4n) is 5.25. The lowest BCUT2D eigenvalue weighted by molar-refractivity contribution is 0.0519. The van der Waals surface area contributed by atoms with E-state index in [0.717, 1.165) is 25.7 Å². The number of hydrogen-bond acceptors (Lipinski definition) is 4. The molecule has 0 aliphatic heterocycles. The molecule has 1 heterocycles. The number of carbonyl (C=O) groups excluding carboxylic acids is 1. The van der Waals surface area contributed by atoms with E-state index in [4.69, 9.17) is 9.16 Å². The van der Waals surface area contributed by atoms with Crippen molar-refractivity contribution in [2.45, 2.75) is 70.6 Å². The average molecular weight is 477 g/mol. The molecule has 0 atom stereocenters. The Bertz CT molecular complexity index is 1030. The maximum Gasteiger partial charge on any atom is 0.358 e. The van der Waals surface area contributed by atoms with Crippen molar-refractivity contribution in [2.24, 2.45) is 0 Å². The lowest BCUT2D eigenvalue weighted by Gasteiger charge is -2.46. The molecule has 0 radical (unpaired) electrons. The Balaban J connectivity index is 1.56. The van der Waals surface area contributed by atoms with Crippen LogP contribution in [0.15, 0.2) is 73.2 Å². The molecule has 0 amide bonds. The van der Waals surface area contributed by atoms with Crippen LogP contribution in [-0.2, 0) is 9.16 Å².